The highest BCUT2D eigenvalue weighted by Crippen LogP contribution is 2.20. The van der Waals surface area contributed by atoms with Crippen LogP contribution in [0.2, 0.25) is 0 Å². The van der Waals surface area contributed by atoms with Gasteiger partial charge in [-0.15, -0.1) is 0 Å². The zero-order valence-corrected chi connectivity index (χ0v) is 12.7. The molecule has 0 spiro atoms. The van der Waals surface area contributed by atoms with Crippen molar-refractivity contribution in [3.05, 3.63) is 101 Å². The molecule has 0 radical (unpaired) electrons. The summed E-state index contributed by atoms with van der Waals surface area (Å²) in [6, 6.07) is 21.2. The Bertz CT molecular complexity index is 891. The van der Waals surface area contributed by atoms with Gasteiger partial charge in [-0.1, -0.05) is 54.6 Å². The van der Waals surface area contributed by atoms with Crippen LogP contribution < -0.4 is 5.32 Å². The number of para-hydroxylation sites is 1. The number of ketones is 1. The highest BCUT2D eigenvalue weighted by atomic mass is 19.1. The van der Waals surface area contributed by atoms with Crippen molar-refractivity contribution in [2.75, 3.05) is 5.32 Å². The third-order valence-electron chi connectivity index (χ3n) is 3.57. The Hall–Kier alpha value is -3.27. The summed E-state index contributed by atoms with van der Waals surface area (Å²) in [4.78, 5) is 24.9. The summed E-state index contributed by atoms with van der Waals surface area (Å²) < 4.78 is 13.7. The lowest BCUT2D eigenvalue weighted by molar-refractivity contribution is 0.102. The molecule has 0 aliphatic rings. The Morgan fingerprint density at radius 3 is 2.00 bits per heavy atom. The first-order valence-electron chi connectivity index (χ1n) is 7.41. The van der Waals surface area contributed by atoms with Crippen molar-refractivity contribution in [1.29, 1.82) is 0 Å². The molecule has 3 rings (SSSR count). The number of halogens is 1. The second kappa shape index (κ2) is 6.87. The molecule has 4 heteroatoms. The van der Waals surface area contributed by atoms with E-state index in [2.05, 4.69) is 5.32 Å². The van der Waals surface area contributed by atoms with E-state index in [1.807, 2.05) is 6.07 Å². The molecule has 3 aromatic carbocycles. The minimum absolute atomic E-state index is 0.0699. The molecule has 0 atom stereocenters. The van der Waals surface area contributed by atoms with Gasteiger partial charge < -0.3 is 5.32 Å². The SMILES string of the molecule is O=C(Nc1ccccc1C(=O)c1ccccc1)c1ccccc1F. The molecule has 0 saturated heterocycles. The van der Waals surface area contributed by atoms with E-state index >= 15 is 0 Å². The second-order valence-corrected chi connectivity index (χ2v) is 5.17. The number of rotatable bonds is 4. The quantitative estimate of drug-likeness (QED) is 0.728. The molecular weight excluding hydrogens is 305 g/mol. The molecule has 118 valence electrons. The van der Waals surface area contributed by atoms with E-state index in [0.29, 0.717) is 16.8 Å². The van der Waals surface area contributed by atoms with Gasteiger partial charge in [-0.05, 0) is 24.3 Å². The van der Waals surface area contributed by atoms with Crippen LogP contribution >= 0.6 is 0 Å². The first-order valence-corrected chi connectivity index (χ1v) is 7.41. The van der Waals surface area contributed by atoms with E-state index in [-0.39, 0.29) is 11.3 Å². The van der Waals surface area contributed by atoms with Crippen LogP contribution in [0.15, 0.2) is 78.9 Å². The van der Waals surface area contributed by atoms with Crippen LogP contribution in [0.5, 0.6) is 0 Å². The number of benzene rings is 3. The van der Waals surface area contributed by atoms with Gasteiger partial charge in [0.1, 0.15) is 5.82 Å². The average Bonchev–Trinajstić information content (AvgIpc) is 2.62. The van der Waals surface area contributed by atoms with Gasteiger partial charge in [0.2, 0.25) is 0 Å². The van der Waals surface area contributed by atoms with E-state index in [9.17, 15) is 14.0 Å². The highest BCUT2D eigenvalue weighted by molar-refractivity contribution is 6.15. The van der Waals surface area contributed by atoms with Crippen LogP contribution in [0, 0.1) is 5.82 Å². The van der Waals surface area contributed by atoms with Crippen LogP contribution in [-0.4, -0.2) is 11.7 Å². The summed E-state index contributed by atoms with van der Waals surface area (Å²) in [5, 5.41) is 2.62. The maximum atomic E-state index is 13.7. The Morgan fingerprint density at radius 1 is 0.708 bits per heavy atom. The third-order valence-corrected chi connectivity index (χ3v) is 3.57. The number of hydrogen-bond donors (Lipinski definition) is 1. The van der Waals surface area contributed by atoms with Gasteiger partial charge >= 0.3 is 0 Å². The predicted molar refractivity (Wildman–Crippen MR) is 90.7 cm³/mol. The van der Waals surface area contributed by atoms with Crippen molar-refractivity contribution in [1.82, 2.24) is 0 Å². The maximum absolute atomic E-state index is 13.7. The number of carbonyl (C=O) groups is 2. The van der Waals surface area contributed by atoms with Gasteiger partial charge in [-0.2, -0.15) is 0 Å². The number of carbonyl (C=O) groups excluding carboxylic acids is 2. The Balaban J connectivity index is 1.92. The summed E-state index contributed by atoms with van der Waals surface area (Å²) in [7, 11) is 0. The minimum atomic E-state index is -0.609. The lowest BCUT2D eigenvalue weighted by Crippen LogP contribution is -2.16. The Kier molecular flexibility index (Phi) is 4.47. The molecule has 0 aliphatic heterocycles. The normalized spacial score (nSPS) is 10.2. The Labute approximate surface area is 138 Å². The fraction of sp³-hybridized carbons (Fsp3) is 0. The van der Waals surface area contributed by atoms with Gasteiger partial charge in [0, 0.05) is 11.1 Å². The molecule has 0 aliphatic carbocycles. The van der Waals surface area contributed by atoms with Crippen LogP contribution in [0.3, 0.4) is 0 Å². The van der Waals surface area contributed by atoms with Crippen LogP contribution in [0.25, 0.3) is 0 Å². The van der Waals surface area contributed by atoms with Crippen LogP contribution in [0.1, 0.15) is 26.3 Å². The number of amides is 1. The van der Waals surface area contributed by atoms with Gasteiger partial charge in [0.25, 0.3) is 5.91 Å². The molecule has 3 nitrogen and oxygen atoms in total. The molecule has 0 unspecified atom stereocenters. The van der Waals surface area contributed by atoms with E-state index < -0.39 is 11.7 Å². The fourth-order valence-corrected chi connectivity index (χ4v) is 2.37. The molecule has 0 saturated carbocycles. The monoisotopic (exact) mass is 319 g/mol. The lowest BCUT2D eigenvalue weighted by atomic mass is 10.0. The van der Waals surface area contributed by atoms with Gasteiger partial charge in [0.05, 0.1) is 11.3 Å². The zero-order valence-electron chi connectivity index (χ0n) is 12.7. The summed E-state index contributed by atoms with van der Waals surface area (Å²) in [5.41, 5.74) is 1.15. The molecule has 24 heavy (non-hydrogen) atoms. The molecule has 3 aromatic rings. The van der Waals surface area contributed by atoms with Crippen LogP contribution in [0.4, 0.5) is 10.1 Å². The van der Waals surface area contributed by atoms with E-state index in [1.54, 1.807) is 54.6 Å². The van der Waals surface area contributed by atoms with Crippen molar-refractivity contribution < 1.29 is 14.0 Å². The van der Waals surface area contributed by atoms with E-state index in [4.69, 9.17) is 0 Å². The lowest BCUT2D eigenvalue weighted by Gasteiger charge is -2.11. The topological polar surface area (TPSA) is 46.2 Å². The Morgan fingerprint density at radius 2 is 1.29 bits per heavy atom. The molecule has 0 fully saturated rings. The first-order chi connectivity index (χ1) is 11.7. The van der Waals surface area contributed by atoms with Crippen molar-refractivity contribution in [3.63, 3.8) is 0 Å². The smallest absolute Gasteiger partial charge is 0.258 e. The largest absolute Gasteiger partial charge is 0.321 e. The zero-order chi connectivity index (χ0) is 16.9. The number of nitrogens with one attached hydrogen (secondary N) is 1. The van der Waals surface area contributed by atoms with Crippen molar-refractivity contribution in [2.24, 2.45) is 0 Å². The number of anilines is 1. The van der Waals surface area contributed by atoms with Crippen LogP contribution in [-0.2, 0) is 0 Å². The maximum Gasteiger partial charge on any atom is 0.258 e. The average molecular weight is 319 g/mol. The summed E-state index contributed by atoms with van der Waals surface area (Å²) >= 11 is 0. The third kappa shape index (κ3) is 3.22. The van der Waals surface area contributed by atoms with E-state index in [1.165, 1.54) is 18.2 Å². The second-order valence-electron chi connectivity index (χ2n) is 5.17. The standard InChI is InChI=1S/C20H14FNO2/c21-17-12-6-4-10-15(17)20(24)22-18-13-7-5-11-16(18)19(23)14-8-2-1-3-9-14/h1-13H,(H,22,24). The molecular formula is C20H14FNO2. The van der Waals surface area contributed by atoms with Crippen molar-refractivity contribution in [2.45, 2.75) is 0 Å². The van der Waals surface area contributed by atoms with Gasteiger partial charge in [-0.25, -0.2) is 4.39 Å². The van der Waals surface area contributed by atoms with Crippen molar-refractivity contribution in [3.8, 4) is 0 Å². The van der Waals surface area contributed by atoms with Crippen molar-refractivity contribution >= 4 is 17.4 Å². The fourth-order valence-electron chi connectivity index (χ4n) is 2.37. The summed E-state index contributed by atoms with van der Waals surface area (Å²) in [5.74, 6) is -1.41. The highest BCUT2D eigenvalue weighted by Gasteiger charge is 2.16. The van der Waals surface area contributed by atoms with Gasteiger partial charge in [0.15, 0.2) is 5.78 Å². The predicted octanol–water partition coefficient (Wildman–Crippen LogP) is 4.31. The molecule has 0 heterocycles. The summed E-state index contributed by atoms with van der Waals surface area (Å²) in [6.45, 7) is 0. The molecule has 0 aromatic heterocycles. The molecule has 1 amide bonds. The summed E-state index contributed by atoms with van der Waals surface area (Å²) in [6.07, 6.45) is 0. The first kappa shape index (κ1) is 15.6. The van der Waals surface area contributed by atoms with Gasteiger partial charge in [-0.3, -0.25) is 9.59 Å². The van der Waals surface area contributed by atoms with E-state index in [0.717, 1.165) is 0 Å². The molecule has 0 bridgehead atoms. The minimum Gasteiger partial charge on any atom is -0.321 e. The number of hydrogen-bond acceptors (Lipinski definition) is 2. The molecule has 1 N–H and O–H groups in total.